The summed E-state index contributed by atoms with van der Waals surface area (Å²) in [5, 5.41) is 10.1. The maximum absolute atomic E-state index is 13.8. The molecule has 24 heavy (non-hydrogen) atoms. The van der Waals surface area contributed by atoms with E-state index in [0.717, 1.165) is 31.9 Å². The van der Waals surface area contributed by atoms with E-state index < -0.39 is 6.10 Å². The van der Waals surface area contributed by atoms with Gasteiger partial charge in [-0.05, 0) is 24.3 Å². The number of hydrogen-bond donors (Lipinski definition) is 1. The summed E-state index contributed by atoms with van der Waals surface area (Å²) in [6.45, 7) is 3.96. The SMILES string of the molecule is OC(COc1ccccc1)CN1CCN(c2ccccc2F)CC1. The monoisotopic (exact) mass is 330 g/mol. The zero-order valence-corrected chi connectivity index (χ0v) is 13.6. The molecule has 0 aromatic heterocycles. The third-order valence-corrected chi connectivity index (χ3v) is 4.22. The molecule has 1 aliphatic heterocycles. The van der Waals surface area contributed by atoms with Gasteiger partial charge < -0.3 is 14.7 Å². The molecular formula is C19H23FN2O2. The largest absolute Gasteiger partial charge is 0.491 e. The Balaban J connectivity index is 1.43. The minimum atomic E-state index is -0.537. The van der Waals surface area contributed by atoms with Gasteiger partial charge in [0.15, 0.2) is 0 Å². The van der Waals surface area contributed by atoms with Crippen molar-refractivity contribution in [3.05, 3.63) is 60.4 Å². The Hall–Kier alpha value is -2.11. The second-order valence-electron chi connectivity index (χ2n) is 6.02. The molecule has 1 saturated heterocycles. The Bertz CT molecular complexity index is 630. The molecule has 0 amide bonds. The molecule has 0 radical (unpaired) electrons. The van der Waals surface area contributed by atoms with Crippen LogP contribution in [-0.2, 0) is 0 Å². The molecule has 128 valence electrons. The molecule has 1 N–H and O–H groups in total. The summed E-state index contributed by atoms with van der Waals surface area (Å²) >= 11 is 0. The quantitative estimate of drug-likeness (QED) is 0.882. The van der Waals surface area contributed by atoms with E-state index in [1.807, 2.05) is 42.5 Å². The van der Waals surface area contributed by atoms with Crippen molar-refractivity contribution in [1.82, 2.24) is 4.90 Å². The average Bonchev–Trinajstić information content (AvgIpc) is 2.62. The van der Waals surface area contributed by atoms with Crippen LogP contribution in [-0.4, -0.2) is 55.4 Å². The number of nitrogens with zero attached hydrogens (tertiary/aromatic N) is 2. The molecule has 2 aromatic rings. The molecule has 0 aliphatic carbocycles. The van der Waals surface area contributed by atoms with E-state index in [1.165, 1.54) is 6.07 Å². The number of anilines is 1. The van der Waals surface area contributed by atoms with Crippen molar-refractivity contribution in [2.45, 2.75) is 6.10 Å². The van der Waals surface area contributed by atoms with Crippen LogP contribution < -0.4 is 9.64 Å². The highest BCUT2D eigenvalue weighted by atomic mass is 19.1. The van der Waals surface area contributed by atoms with Crippen LogP contribution in [0.15, 0.2) is 54.6 Å². The van der Waals surface area contributed by atoms with E-state index in [0.29, 0.717) is 12.2 Å². The predicted molar refractivity (Wildman–Crippen MR) is 93.0 cm³/mol. The number of aliphatic hydroxyl groups is 1. The van der Waals surface area contributed by atoms with Crippen LogP contribution in [0.2, 0.25) is 0 Å². The fourth-order valence-corrected chi connectivity index (χ4v) is 2.94. The van der Waals surface area contributed by atoms with E-state index in [4.69, 9.17) is 4.74 Å². The van der Waals surface area contributed by atoms with Gasteiger partial charge in [0.2, 0.25) is 0 Å². The Morgan fingerprint density at radius 1 is 0.958 bits per heavy atom. The molecule has 1 fully saturated rings. The lowest BCUT2D eigenvalue weighted by Gasteiger charge is -2.36. The number of ether oxygens (including phenoxy) is 1. The standard InChI is InChI=1S/C19H23FN2O2/c20-18-8-4-5-9-19(18)22-12-10-21(11-13-22)14-16(23)15-24-17-6-2-1-3-7-17/h1-9,16,23H,10-15H2. The number of aliphatic hydroxyl groups excluding tert-OH is 1. The molecule has 3 rings (SSSR count). The smallest absolute Gasteiger partial charge is 0.146 e. The number of rotatable bonds is 6. The van der Waals surface area contributed by atoms with Crippen molar-refractivity contribution in [2.24, 2.45) is 0 Å². The minimum absolute atomic E-state index is 0.178. The van der Waals surface area contributed by atoms with Crippen molar-refractivity contribution in [3.8, 4) is 5.75 Å². The highest BCUT2D eigenvalue weighted by molar-refractivity contribution is 5.47. The van der Waals surface area contributed by atoms with Gasteiger partial charge in [0.1, 0.15) is 24.3 Å². The van der Waals surface area contributed by atoms with Crippen LogP contribution >= 0.6 is 0 Å². The topological polar surface area (TPSA) is 35.9 Å². The molecule has 1 aliphatic rings. The Morgan fingerprint density at radius 2 is 1.62 bits per heavy atom. The first-order valence-corrected chi connectivity index (χ1v) is 8.30. The number of para-hydroxylation sites is 2. The van der Waals surface area contributed by atoms with Gasteiger partial charge in [0.05, 0.1) is 5.69 Å². The van der Waals surface area contributed by atoms with E-state index in [2.05, 4.69) is 9.80 Å². The fraction of sp³-hybridized carbons (Fsp3) is 0.368. The van der Waals surface area contributed by atoms with Crippen LogP contribution in [0.1, 0.15) is 0 Å². The lowest BCUT2D eigenvalue weighted by molar-refractivity contribution is 0.0662. The maximum Gasteiger partial charge on any atom is 0.146 e. The average molecular weight is 330 g/mol. The first-order chi connectivity index (χ1) is 11.7. The third-order valence-electron chi connectivity index (χ3n) is 4.22. The summed E-state index contributed by atoms with van der Waals surface area (Å²) in [5.74, 6) is 0.586. The van der Waals surface area contributed by atoms with E-state index in [1.54, 1.807) is 6.07 Å². The molecule has 1 heterocycles. The van der Waals surface area contributed by atoms with Crippen molar-refractivity contribution in [1.29, 1.82) is 0 Å². The molecule has 0 spiro atoms. The van der Waals surface area contributed by atoms with Gasteiger partial charge in [-0.25, -0.2) is 4.39 Å². The number of benzene rings is 2. The van der Waals surface area contributed by atoms with Gasteiger partial charge in [0, 0.05) is 32.7 Å². The Morgan fingerprint density at radius 3 is 2.33 bits per heavy atom. The molecular weight excluding hydrogens is 307 g/mol. The molecule has 1 atom stereocenters. The zero-order valence-electron chi connectivity index (χ0n) is 13.6. The van der Waals surface area contributed by atoms with E-state index in [9.17, 15) is 9.50 Å². The number of piperazine rings is 1. The molecule has 2 aromatic carbocycles. The highest BCUT2D eigenvalue weighted by Crippen LogP contribution is 2.20. The Labute approximate surface area is 142 Å². The van der Waals surface area contributed by atoms with Crippen molar-refractivity contribution in [3.63, 3.8) is 0 Å². The van der Waals surface area contributed by atoms with Crippen molar-refractivity contribution < 1.29 is 14.2 Å². The number of hydrogen-bond acceptors (Lipinski definition) is 4. The Kier molecular flexibility index (Phi) is 5.67. The maximum atomic E-state index is 13.8. The summed E-state index contributed by atoms with van der Waals surface area (Å²) in [6, 6.07) is 16.4. The van der Waals surface area contributed by atoms with Gasteiger partial charge in [-0.15, -0.1) is 0 Å². The van der Waals surface area contributed by atoms with Crippen LogP contribution in [0.5, 0.6) is 5.75 Å². The summed E-state index contributed by atoms with van der Waals surface area (Å²) in [4.78, 5) is 4.25. The van der Waals surface area contributed by atoms with Gasteiger partial charge in [-0.2, -0.15) is 0 Å². The molecule has 1 unspecified atom stereocenters. The van der Waals surface area contributed by atoms with Crippen LogP contribution in [0.3, 0.4) is 0 Å². The number of β-amino-alcohol motifs (C(OH)–C–C–N with tert-alkyl or cyclic N) is 1. The van der Waals surface area contributed by atoms with Crippen molar-refractivity contribution >= 4 is 5.69 Å². The molecule has 0 saturated carbocycles. The van der Waals surface area contributed by atoms with Gasteiger partial charge in [-0.3, -0.25) is 4.90 Å². The lowest BCUT2D eigenvalue weighted by Crippen LogP contribution is -2.49. The van der Waals surface area contributed by atoms with E-state index >= 15 is 0 Å². The molecule has 5 heteroatoms. The number of halogens is 1. The minimum Gasteiger partial charge on any atom is -0.491 e. The van der Waals surface area contributed by atoms with E-state index in [-0.39, 0.29) is 12.4 Å². The van der Waals surface area contributed by atoms with Gasteiger partial charge in [-0.1, -0.05) is 30.3 Å². The zero-order chi connectivity index (χ0) is 16.8. The lowest BCUT2D eigenvalue weighted by atomic mass is 10.2. The highest BCUT2D eigenvalue weighted by Gasteiger charge is 2.21. The fourth-order valence-electron chi connectivity index (χ4n) is 2.94. The third kappa shape index (κ3) is 4.46. The van der Waals surface area contributed by atoms with Gasteiger partial charge in [0.25, 0.3) is 0 Å². The normalized spacial score (nSPS) is 16.8. The predicted octanol–water partition coefficient (Wildman–Crippen LogP) is 2.39. The first-order valence-electron chi connectivity index (χ1n) is 8.30. The summed E-state index contributed by atoms with van der Waals surface area (Å²) in [7, 11) is 0. The molecule has 0 bridgehead atoms. The second kappa shape index (κ2) is 8.13. The van der Waals surface area contributed by atoms with Crippen LogP contribution in [0, 0.1) is 5.82 Å². The summed E-state index contributed by atoms with van der Waals surface area (Å²) in [6.07, 6.45) is -0.537. The van der Waals surface area contributed by atoms with Crippen LogP contribution in [0.4, 0.5) is 10.1 Å². The molecule has 4 nitrogen and oxygen atoms in total. The second-order valence-corrected chi connectivity index (χ2v) is 6.02. The first kappa shape index (κ1) is 16.7. The van der Waals surface area contributed by atoms with Crippen LogP contribution in [0.25, 0.3) is 0 Å². The van der Waals surface area contributed by atoms with Crippen molar-refractivity contribution in [2.75, 3.05) is 44.2 Å². The summed E-state index contributed by atoms with van der Waals surface area (Å²) < 4.78 is 19.4. The summed E-state index contributed by atoms with van der Waals surface area (Å²) in [5.41, 5.74) is 0.658. The van der Waals surface area contributed by atoms with Gasteiger partial charge >= 0.3 is 0 Å².